The largest absolute Gasteiger partial charge is 0.338 e. The number of rotatable bonds is 1. The van der Waals surface area contributed by atoms with Gasteiger partial charge in [-0.1, -0.05) is 17.7 Å². The molecule has 0 atom stereocenters. The SMILES string of the molecule is Cc1cc2n(n1)C1(CCN(C(=O)c3cccc(Cl)c3)CC1)CC(=O)N2C. The molecule has 3 heterocycles. The van der Waals surface area contributed by atoms with Gasteiger partial charge in [-0.05, 0) is 38.0 Å². The summed E-state index contributed by atoms with van der Waals surface area (Å²) in [5.41, 5.74) is 1.17. The topological polar surface area (TPSA) is 58.4 Å². The van der Waals surface area contributed by atoms with Gasteiger partial charge in [0.2, 0.25) is 5.91 Å². The summed E-state index contributed by atoms with van der Waals surface area (Å²) in [7, 11) is 1.79. The van der Waals surface area contributed by atoms with Gasteiger partial charge in [-0.2, -0.15) is 5.10 Å². The first-order valence-corrected chi connectivity index (χ1v) is 9.16. The first-order valence-electron chi connectivity index (χ1n) is 8.78. The molecule has 0 radical (unpaired) electrons. The first kappa shape index (κ1) is 17.1. The highest BCUT2D eigenvalue weighted by molar-refractivity contribution is 6.30. The van der Waals surface area contributed by atoms with Crippen LogP contribution in [0.5, 0.6) is 0 Å². The van der Waals surface area contributed by atoms with Crippen molar-refractivity contribution in [3.8, 4) is 0 Å². The Morgan fingerprint density at radius 2 is 1.96 bits per heavy atom. The lowest BCUT2D eigenvalue weighted by Crippen LogP contribution is -2.54. The molecule has 2 aliphatic rings. The molecule has 0 bridgehead atoms. The number of nitrogens with zero attached hydrogens (tertiary/aromatic N) is 4. The fourth-order valence-corrected chi connectivity index (χ4v) is 4.19. The lowest BCUT2D eigenvalue weighted by molar-refractivity contribution is -0.122. The van der Waals surface area contributed by atoms with Gasteiger partial charge in [0.05, 0.1) is 17.7 Å². The molecule has 4 rings (SSSR count). The summed E-state index contributed by atoms with van der Waals surface area (Å²) in [5.74, 6) is 0.929. The summed E-state index contributed by atoms with van der Waals surface area (Å²) in [6.07, 6.45) is 1.86. The number of carbonyl (C=O) groups is 2. The molecule has 0 unspecified atom stereocenters. The highest BCUT2D eigenvalue weighted by atomic mass is 35.5. The van der Waals surface area contributed by atoms with E-state index in [9.17, 15) is 9.59 Å². The van der Waals surface area contributed by atoms with E-state index in [0.717, 1.165) is 11.5 Å². The zero-order chi connectivity index (χ0) is 18.5. The average Bonchev–Trinajstić information content (AvgIpc) is 3.03. The Balaban J connectivity index is 1.57. The monoisotopic (exact) mass is 372 g/mol. The van der Waals surface area contributed by atoms with Crippen LogP contribution in [-0.2, 0) is 10.3 Å². The first-order chi connectivity index (χ1) is 12.4. The van der Waals surface area contributed by atoms with Crippen molar-refractivity contribution in [1.29, 1.82) is 0 Å². The minimum Gasteiger partial charge on any atom is -0.338 e. The number of piperidine rings is 1. The molecule has 2 amide bonds. The van der Waals surface area contributed by atoms with Crippen LogP contribution in [0.15, 0.2) is 30.3 Å². The third-order valence-electron chi connectivity index (χ3n) is 5.51. The van der Waals surface area contributed by atoms with Crippen LogP contribution in [0, 0.1) is 6.92 Å². The number of aryl methyl sites for hydroxylation is 1. The van der Waals surface area contributed by atoms with Gasteiger partial charge < -0.3 is 9.80 Å². The number of halogens is 1. The summed E-state index contributed by atoms with van der Waals surface area (Å²) in [4.78, 5) is 28.8. The molecule has 26 heavy (non-hydrogen) atoms. The fraction of sp³-hybridized carbons (Fsp3) is 0.421. The number of anilines is 1. The Kier molecular flexibility index (Phi) is 4.03. The Labute approximate surface area is 157 Å². The minimum absolute atomic E-state index is 0.0153. The second-order valence-corrected chi connectivity index (χ2v) is 7.65. The van der Waals surface area contributed by atoms with Crippen LogP contribution < -0.4 is 4.90 Å². The zero-order valence-corrected chi connectivity index (χ0v) is 15.7. The second kappa shape index (κ2) is 6.13. The Bertz CT molecular complexity index is 883. The quantitative estimate of drug-likeness (QED) is 0.773. The van der Waals surface area contributed by atoms with E-state index in [2.05, 4.69) is 5.10 Å². The van der Waals surface area contributed by atoms with Crippen molar-refractivity contribution in [2.45, 2.75) is 31.7 Å². The van der Waals surface area contributed by atoms with Crippen LogP contribution in [0.1, 0.15) is 35.3 Å². The van der Waals surface area contributed by atoms with Crippen molar-refractivity contribution in [2.24, 2.45) is 0 Å². The van der Waals surface area contributed by atoms with Crippen molar-refractivity contribution in [3.05, 3.63) is 46.6 Å². The van der Waals surface area contributed by atoms with Crippen molar-refractivity contribution in [1.82, 2.24) is 14.7 Å². The molecule has 1 spiro atoms. The molecule has 0 N–H and O–H groups in total. The van der Waals surface area contributed by atoms with Crippen LogP contribution in [0.2, 0.25) is 5.02 Å². The smallest absolute Gasteiger partial charge is 0.253 e. The maximum absolute atomic E-state index is 12.8. The van der Waals surface area contributed by atoms with Gasteiger partial charge in [0, 0.05) is 36.8 Å². The average molecular weight is 373 g/mol. The van der Waals surface area contributed by atoms with Crippen molar-refractivity contribution < 1.29 is 9.59 Å². The fourth-order valence-electron chi connectivity index (χ4n) is 4.00. The number of hydrogen-bond acceptors (Lipinski definition) is 3. The summed E-state index contributed by atoms with van der Waals surface area (Å²) in [5, 5.41) is 5.21. The predicted molar refractivity (Wildman–Crippen MR) is 99.6 cm³/mol. The third-order valence-corrected chi connectivity index (χ3v) is 5.75. The van der Waals surface area contributed by atoms with E-state index in [1.165, 1.54) is 0 Å². The molecule has 7 heteroatoms. The van der Waals surface area contributed by atoms with Crippen LogP contribution in [0.3, 0.4) is 0 Å². The molecule has 6 nitrogen and oxygen atoms in total. The number of amides is 2. The second-order valence-electron chi connectivity index (χ2n) is 7.21. The molecule has 1 saturated heterocycles. The standard InChI is InChI=1S/C19H21ClN4O2/c1-13-10-16-22(2)17(25)12-19(24(16)21-13)6-8-23(9-7-19)18(26)14-4-3-5-15(20)11-14/h3-5,10-11H,6-9,12H2,1-2H3. The van der Waals surface area contributed by atoms with Gasteiger partial charge in [0.15, 0.2) is 0 Å². The number of hydrogen-bond donors (Lipinski definition) is 0. The van der Waals surface area contributed by atoms with Crippen molar-refractivity contribution in [3.63, 3.8) is 0 Å². The van der Waals surface area contributed by atoms with Crippen LogP contribution >= 0.6 is 11.6 Å². The van der Waals surface area contributed by atoms with E-state index in [4.69, 9.17) is 11.6 Å². The molecule has 1 aromatic heterocycles. The van der Waals surface area contributed by atoms with Gasteiger partial charge >= 0.3 is 0 Å². The summed E-state index contributed by atoms with van der Waals surface area (Å²) >= 11 is 6.01. The van der Waals surface area contributed by atoms with Gasteiger partial charge in [-0.15, -0.1) is 0 Å². The van der Waals surface area contributed by atoms with Crippen LogP contribution in [-0.4, -0.2) is 46.6 Å². The van der Waals surface area contributed by atoms with E-state index in [0.29, 0.717) is 42.9 Å². The van der Waals surface area contributed by atoms with Gasteiger partial charge in [0.1, 0.15) is 5.82 Å². The van der Waals surface area contributed by atoms with E-state index in [-0.39, 0.29) is 17.4 Å². The summed E-state index contributed by atoms with van der Waals surface area (Å²) in [6, 6.07) is 8.97. The molecule has 1 fully saturated rings. The number of benzene rings is 1. The lowest BCUT2D eigenvalue weighted by Gasteiger charge is -2.46. The highest BCUT2D eigenvalue weighted by Gasteiger charge is 2.45. The highest BCUT2D eigenvalue weighted by Crippen LogP contribution is 2.41. The van der Waals surface area contributed by atoms with E-state index >= 15 is 0 Å². The van der Waals surface area contributed by atoms with E-state index < -0.39 is 0 Å². The maximum atomic E-state index is 12.8. The van der Waals surface area contributed by atoms with Crippen LogP contribution in [0.25, 0.3) is 0 Å². The molecule has 1 aromatic carbocycles. The zero-order valence-electron chi connectivity index (χ0n) is 14.9. The molecule has 0 saturated carbocycles. The maximum Gasteiger partial charge on any atom is 0.253 e. The molecule has 0 aliphatic carbocycles. The molecule has 2 aliphatic heterocycles. The van der Waals surface area contributed by atoms with Crippen molar-refractivity contribution >= 4 is 29.2 Å². The van der Waals surface area contributed by atoms with Gasteiger partial charge in [-0.3, -0.25) is 9.59 Å². The van der Waals surface area contributed by atoms with Crippen molar-refractivity contribution in [2.75, 3.05) is 25.0 Å². The molecule has 2 aromatic rings. The predicted octanol–water partition coefficient (Wildman–Crippen LogP) is 2.84. The normalized spacial score (nSPS) is 19.0. The lowest BCUT2D eigenvalue weighted by atomic mass is 9.82. The summed E-state index contributed by atoms with van der Waals surface area (Å²) in [6.45, 7) is 3.14. The van der Waals surface area contributed by atoms with E-state index in [1.54, 1.807) is 36.2 Å². The van der Waals surface area contributed by atoms with Gasteiger partial charge in [0.25, 0.3) is 5.91 Å². The Morgan fingerprint density at radius 3 is 2.65 bits per heavy atom. The van der Waals surface area contributed by atoms with Crippen LogP contribution in [0.4, 0.5) is 5.82 Å². The summed E-state index contributed by atoms with van der Waals surface area (Å²) < 4.78 is 2.00. The number of carbonyl (C=O) groups excluding carboxylic acids is 2. The number of likely N-dealkylation sites (tertiary alicyclic amines) is 1. The third kappa shape index (κ3) is 2.69. The minimum atomic E-state index is -0.335. The molecule has 136 valence electrons. The molecular formula is C19H21ClN4O2. The number of aromatic nitrogens is 2. The van der Waals surface area contributed by atoms with Gasteiger partial charge in [-0.25, -0.2) is 4.68 Å². The number of fused-ring (bicyclic) bond motifs is 2. The Morgan fingerprint density at radius 1 is 1.23 bits per heavy atom. The molecular weight excluding hydrogens is 352 g/mol. The Hall–Kier alpha value is -2.34. The van der Waals surface area contributed by atoms with E-state index in [1.807, 2.05) is 22.6 Å².